The van der Waals surface area contributed by atoms with Crippen molar-refractivity contribution in [3.8, 4) is 0 Å². The Bertz CT molecular complexity index is 927. The Morgan fingerprint density at radius 2 is 2.12 bits per heavy atom. The molecule has 1 aromatic rings. The highest BCUT2D eigenvalue weighted by atomic mass is 127. The van der Waals surface area contributed by atoms with E-state index in [-0.39, 0.29) is 22.9 Å². The predicted molar refractivity (Wildman–Crippen MR) is 104 cm³/mol. The molecule has 4 atom stereocenters. The minimum Gasteiger partial charge on any atom is -0.333 e. The number of hydrogen-bond acceptors (Lipinski definition) is 5. The maximum atomic E-state index is 12.4. The van der Waals surface area contributed by atoms with Crippen molar-refractivity contribution >= 4 is 38.6 Å². The van der Waals surface area contributed by atoms with Crippen LogP contribution in [0.3, 0.4) is 0 Å². The highest BCUT2D eigenvalue weighted by Gasteiger charge is 2.43. The van der Waals surface area contributed by atoms with Gasteiger partial charge in [0.1, 0.15) is 0 Å². The van der Waals surface area contributed by atoms with Gasteiger partial charge in [0.15, 0.2) is 5.03 Å². The zero-order valence-electron chi connectivity index (χ0n) is 13.7. The fourth-order valence-electron chi connectivity index (χ4n) is 3.87. The van der Waals surface area contributed by atoms with Gasteiger partial charge in [0.2, 0.25) is 0 Å². The quantitative estimate of drug-likeness (QED) is 0.506. The lowest BCUT2D eigenvalue weighted by molar-refractivity contribution is 0.233. The van der Waals surface area contributed by atoms with Crippen LogP contribution in [-0.2, 0) is 10.0 Å². The summed E-state index contributed by atoms with van der Waals surface area (Å²) in [6.07, 6.45) is 14.1. The molecule has 3 aliphatic rings. The van der Waals surface area contributed by atoms with Gasteiger partial charge in [0.05, 0.1) is 6.20 Å². The molecule has 0 spiro atoms. The molecule has 0 aliphatic heterocycles. The van der Waals surface area contributed by atoms with Crippen LogP contribution in [0, 0.1) is 11.8 Å². The van der Waals surface area contributed by atoms with Crippen molar-refractivity contribution < 1.29 is 13.2 Å². The number of rotatable bonds is 3. The third-order valence-corrected chi connectivity index (χ3v) is 7.56. The summed E-state index contributed by atoms with van der Waals surface area (Å²) in [6, 6.07) is -0.893. The van der Waals surface area contributed by atoms with Crippen molar-refractivity contribution in [1.29, 1.82) is 0 Å². The number of alkyl halides is 1. The molecule has 2 N–H and O–H groups in total. The second-order valence-electron chi connectivity index (χ2n) is 6.52. The van der Waals surface area contributed by atoms with E-state index in [1.807, 2.05) is 10.8 Å². The molecule has 7 nitrogen and oxygen atoms in total. The van der Waals surface area contributed by atoms with Crippen LogP contribution in [0.25, 0.3) is 0 Å². The number of hydrogen-bond donors (Lipinski definition) is 2. The first-order valence-corrected chi connectivity index (χ1v) is 11.0. The molecule has 26 heavy (non-hydrogen) atoms. The first-order chi connectivity index (χ1) is 12.5. The number of allylic oxidation sites excluding steroid dienone is 3. The topological polar surface area (TPSA) is 101 Å². The minimum absolute atomic E-state index is 0.0791. The van der Waals surface area contributed by atoms with Crippen LogP contribution in [0.1, 0.15) is 12.8 Å². The Kier molecular flexibility index (Phi) is 4.59. The van der Waals surface area contributed by atoms with E-state index in [9.17, 15) is 13.2 Å². The Balaban J connectivity index is 1.53. The number of carbonyl (C=O) groups is 1. The molecule has 1 saturated carbocycles. The summed E-state index contributed by atoms with van der Waals surface area (Å²) in [6.45, 7) is 0. The highest BCUT2D eigenvalue weighted by molar-refractivity contribution is 14.1. The molecule has 0 radical (unpaired) electrons. The zero-order valence-corrected chi connectivity index (χ0v) is 16.6. The fraction of sp³-hybridized carbons (Fsp3) is 0.353. The lowest BCUT2D eigenvalue weighted by Gasteiger charge is -2.35. The normalized spacial score (nSPS) is 29.4. The smallest absolute Gasteiger partial charge is 0.329 e. The van der Waals surface area contributed by atoms with Gasteiger partial charge in [-0.25, -0.2) is 14.5 Å². The Morgan fingerprint density at radius 1 is 1.27 bits per heavy atom. The third-order valence-electron chi connectivity index (χ3n) is 5.01. The number of urea groups is 1. The molecular formula is C17H17IN4O3S. The van der Waals surface area contributed by atoms with Crippen molar-refractivity contribution in [2.75, 3.05) is 0 Å². The predicted octanol–water partition coefficient (Wildman–Crippen LogP) is 2.10. The Morgan fingerprint density at radius 3 is 2.88 bits per heavy atom. The van der Waals surface area contributed by atoms with E-state index in [1.165, 1.54) is 23.5 Å². The van der Waals surface area contributed by atoms with Gasteiger partial charge < -0.3 is 5.32 Å². The summed E-state index contributed by atoms with van der Waals surface area (Å²) in [5, 5.41) is 2.61. The van der Waals surface area contributed by atoms with Gasteiger partial charge >= 0.3 is 6.03 Å². The molecule has 0 aromatic carbocycles. The Labute approximate surface area is 165 Å². The molecule has 3 aliphatic carbocycles. The molecule has 1 heterocycles. The van der Waals surface area contributed by atoms with E-state index >= 15 is 0 Å². The van der Waals surface area contributed by atoms with E-state index in [0.29, 0.717) is 3.92 Å². The van der Waals surface area contributed by atoms with Crippen LogP contribution in [-0.4, -0.2) is 34.4 Å². The minimum atomic E-state index is -4.05. The summed E-state index contributed by atoms with van der Waals surface area (Å²) in [5.41, 5.74) is 2.50. The average molecular weight is 484 g/mol. The number of sulfonamides is 1. The second-order valence-corrected chi connectivity index (χ2v) is 9.65. The maximum Gasteiger partial charge on any atom is 0.329 e. The summed E-state index contributed by atoms with van der Waals surface area (Å²) in [4.78, 5) is 19.9. The average Bonchev–Trinajstić information content (AvgIpc) is 3.22. The van der Waals surface area contributed by atoms with Gasteiger partial charge in [-0.1, -0.05) is 52.5 Å². The lowest BCUT2D eigenvalue weighted by atomic mass is 9.76. The molecule has 0 bridgehead atoms. The van der Waals surface area contributed by atoms with Crippen LogP contribution in [0.15, 0.2) is 59.1 Å². The number of halogens is 1. The standard InChI is InChI=1S/C17H17IN4O3S/c18-14-5-4-12-13(14)8-10-2-1-3-11(10)16(12)21-17(23)22-26(24,25)15-9-19-6-7-20-15/h1-3,6-9,11-12,14,16H,4-5H2,(H2,21,22,23). The van der Waals surface area contributed by atoms with E-state index in [1.54, 1.807) is 0 Å². The van der Waals surface area contributed by atoms with Gasteiger partial charge in [0, 0.05) is 34.2 Å². The van der Waals surface area contributed by atoms with Gasteiger partial charge in [-0.3, -0.25) is 4.98 Å². The molecule has 2 amide bonds. The summed E-state index contributed by atoms with van der Waals surface area (Å²) in [5.74, 6) is 0.308. The molecule has 136 valence electrons. The fourth-order valence-corrected chi connectivity index (χ4v) is 5.68. The number of nitrogens with one attached hydrogen (secondary N) is 2. The summed E-state index contributed by atoms with van der Waals surface area (Å²) in [7, 11) is -4.05. The van der Waals surface area contributed by atoms with Crippen molar-refractivity contribution in [3.63, 3.8) is 0 Å². The van der Waals surface area contributed by atoms with Crippen molar-refractivity contribution in [3.05, 3.63) is 54.0 Å². The third kappa shape index (κ3) is 3.18. The van der Waals surface area contributed by atoms with Crippen LogP contribution in [0.2, 0.25) is 0 Å². The largest absolute Gasteiger partial charge is 0.333 e. The number of carbonyl (C=O) groups excluding carboxylic acids is 1. The van der Waals surface area contributed by atoms with Gasteiger partial charge in [-0.2, -0.15) is 8.42 Å². The van der Waals surface area contributed by atoms with Crippen LogP contribution in [0.4, 0.5) is 4.79 Å². The van der Waals surface area contributed by atoms with E-state index in [2.05, 4.69) is 56.1 Å². The molecule has 4 unspecified atom stereocenters. The first kappa shape index (κ1) is 17.7. The van der Waals surface area contributed by atoms with Crippen molar-refractivity contribution in [2.45, 2.75) is 27.8 Å². The summed E-state index contributed by atoms with van der Waals surface area (Å²) >= 11 is 2.44. The van der Waals surface area contributed by atoms with Crippen LogP contribution < -0.4 is 10.0 Å². The maximum absolute atomic E-state index is 12.4. The van der Waals surface area contributed by atoms with E-state index < -0.39 is 16.1 Å². The van der Waals surface area contributed by atoms with Crippen LogP contribution >= 0.6 is 22.6 Å². The van der Waals surface area contributed by atoms with Crippen LogP contribution in [0.5, 0.6) is 0 Å². The number of fused-ring (bicyclic) bond motifs is 2. The lowest BCUT2D eigenvalue weighted by Crippen LogP contribution is -2.51. The monoisotopic (exact) mass is 484 g/mol. The number of amides is 2. The molecule has 4 rings (SSSR count). The summed E-state index contributed by atoms with van der Waals surface area (Å²) < 4.78 is 27.1. The van der Waals surface area contributed by atoms with E-state index in [0.717, 1.165) is 19.0 Å². The van der Waals surface area contributed by atoms with Gasteiger partial charge in [-0.15, -0.1) is 0 Å². The highest BCUT2D eigenvalue weighted by Crippen LogP contribution is 2.47. The van der Waals surface area contributed by atoms with Crippen molar-refractivity contribution in [1.82, 2.24) is 20.0 Å². The molecule has 0 saturated heterocycles. The molecule has 1 fully saturated rings. The Hall–Kier alpha value is -1.75. The number of nitrogens with zero attached hydrogens (tertiary/aromatic N) is 2. The van der Waals surface area contributed by atoms with E-state index in [4.69, 9.17) is 0 Å². The van der Waals surface area contributed by atoms with Crippen molar-refractivity contribution in [2.24, 2.45) is 11.8 Å². The zero-order chi connectivity index (χ0) is 18.3. The molecular weight excluding hydrogens is 467 g/mol. The van der Waals surface area contributed by atoms with Gasteiger partial charge in [0.25, 0.3) is 10.0 Å². The van der Waals surface area contributed by atoms with Gasteiger partial charge in [-0.05, 0) is 18.4 Å². The first-order valence-electron chi connectivity index (χ1n) is 8.29. The molecule has 9 heteroatoms. The SMILES string of the molecule is O=C(NC1C2C=CC=C2C=C2C(I)CCC21)NS(=O)(=O)c1cnccn1. The molecule has 1 aromatic heterocycles. The number of aromatic nitrogens is 2. The second kappa shape index (κ2) is 6.76.